The molecule has 1 fully saturated rings. The van der Waals surface area contributed by atoms with Crippen molar-refractivity contribution in [2.24, 2.45) is 0 Å². The molecule has 4 rings (SSSR count). The van der Waals surface area contributed by atoms with Crippen molar-refractivity contribution in [2.45, 2.75) is 39.3 Å². The van der Waals surface area contributed by atoms with Gasteiger partial charge < -0.3 is 23.9 Å². The van der Waals surface area contributed by atoms with E-state index in [9.17, 15) is 14.7 Å². The molecule has 0 saturated carbocycles. The quantitative estimate of drug-likeness (QED) is 0.193. The number of Topliss-reactive ketones (excluding diaryl/α,β-unsaturated/α-hetero) is 1. The second-order valence-corrected chi connectivity index (χ2v) is 8.48. The topological polar surface area (TPSA) is 89.2 Å². The van der Waals surface area contributed by atoms with Crippen LogP contribution in [0.4, 0.5) is 0 Å². The molecule has 1 amide bonds. The highest BCUT2D eigenvalue weighted by atomic mass is 16.5. The van der Waals surface area contributed by atoms with E-state index in [1.807, 2.05) is 19.1 Å². The minimum Gasteiger partial charge on any atom is -0.507 e. The van der Waals surface area contributed by atoms with Gasteiger partial charge in [0.25, 0.3) is 11.7 Å². The van der Waals surface area contributed by atoms with Crippen LogP contribution in [0.5, 0.6) is 11.5 Å². The molecule has 0 radical (unpaired) electrons. The summed E-state index contributed by atoms with van der Waals surface area (Å²) in [6, 6.07) is 15.1. The summed E-state index contributed by atoms with van der Waals surface area (Å²) in [6.07, 6.45) is 3.42. The van der Waals surface area contributed by atoms with Crippen molar-refractivity contribution in [3.63, 3.8) is 0 Å². The molecule has 7 nitrogen and oxygen atoms in total. The molecule has 1 atom stereocenters. The Balaban J connectivity index is 1.82. The fourth-order valence-corrected chi connectivity index (χ4v) is 4.13. The average Bonchev–Trinajstić information content (AvgIpc) is 3.47. The van der Waals surface area contributed by atoms with Crippen LogP contribution in [-0.4, -0.2) is 35.4 Å². The van der Waals surface area contributed by atoms with Crippen LogP contribution in [0, 0.1) is 6.92 Å². The van der Waals surface area contributed by atoms with Crippen molar-refractivity contribution in [3.8, 4) is 11.5 Å². The third-order valence-corrected chi connectivity index (χ3v) is 6.03. The van der Waals surface area contributed by atoms with Gasteiger partial charge in [-0.25, -0.2) is 0 Å². The number of aliphatic hydroxyl groups is 1. The number of aliphatic hydroxyl groups excluding tert-OH is 1. The van der Waals surface area contributed by atoms with Crippen LogP contribution < -0.4 is 9.47 Å². The number of likely N-dealkylation sites (tertiary alicyclic amines) is 1. The molecule has 1 saturated heterocycles. The third-order valence-electron chi connectivity index (χ3n) is 6.03. The Morgan fingerprint density at radius 1 is 1.09 bits per heavy atom. The van der Waals surface area contributed by atoms with Crippen molar-refractivity contribution in [3.05, 3.63) is 88.9 Å². The minimum atomic E-state index is -0.833. The summed E-state index contributed by atoms with van der Waals surface area (Å²) in [5, 5.41) is 11.2. The first-order valence-electron chi connectivity index (χ1n) is 11.6. The fourth-order valence-electron chi connectivity index (χ4n) is 4.13. The van der Waals surface area contributed by atoms with Gasteiger partial charge in [-0.3, -0.25) is 9.59 Å². The highest BCUT2D eigenvalue weighted by Crippen LogP contribution is 2.42. The number of hydrogen-bond acceptors (Lipinski definition) is 6. The van der Waals surface area contributed by atoms with Gasteiger partial charge in [-0.2, -0.15) is 0 Å². The largest absolute Gasteiger partial charge is 0.507 e. The van der Waals surface area contributed by atoms with Crippen LogP contribution in [-0.2, 0) is 16.1 Å². The maximum Gasteiger partial charge on any atom is 0.296 e. The van der Waals surface area contributed by atoms with E-state index in [4.69, 9.17) is 13.9 Å². The molecule has 0 bridgehead atoms. The molecule has 182 valence electrons. The fraction of sp³-hybridized carbons (Fsp3) is 0.286. The number of rotatable bonds is 9. The van der Waals surface area contributed by atoms with Gasteiger partial charge in [-0.1, -0.05) is 49.2 Å². The van der Waals surface area contributed by atoms with Gasteiger partial charge in [0.2, 0.25) is 0 Å². The first kappa shape index (κ1) is 24.1. The van der Waals surface area contributed by atoms with E-state index in [2.05, 4.69) is 6.92 Å². The number of aryl methyl sites for hydroxylation is 1. The number of ketones is 1. The van der Waals surface area contributed by atoms with Crippen molar-refractivity contribution >= 4 is 17.4 Å². The number of hydrogen-bond donors (Lipinski definition) is 1. The zero-order chi connectivity index (χ0) is 24.9. The molecule has 1 aliphatic heterocycles. The highest BCUT2D eigenvalue weighted by molar-refractivity contribution is 6.46. The van der Waals surface area contributed by atoms with Gasteiger partial charge in [0.1, 0.15) is 11.5 Å². The molecule has 1 aliphatic rings. The summed E-state index contributed by atoms with van der Waals surface area (Å²) < 4.78 is 16.8. The number of methoxy groups -OCH3 is 1. The molecular formula is C28H29NO6. The molecule has 0 spiro atoms. The molecule has 1 N–H and O–H groups in total. The summed E-state index contributed by atoms with van der Waals surface area (Å²) in [5.74, 6) is -0.0934. The Bertz CT molecular complexity index is 1230. The van der Waals surface area contributed by atoms with Crippen LogP contribution in [0.3, 0.4) is 0 Å². The molecule has 2 heterocycles. The van der Waals surface area contributed by atoms with E-state index >= 15 is 0 Å². The number of unbranched alkanes of at least 4 members (excludes halogenated alkanes) is 1. The molecule has 3 aromatic rings. The lowest BCUT2D eigenvalue weighted by molar-refractivity contribution is -0.140. The zero-order valence-corrected chi connectivity index (χ0v) is 20.1. The first-order chi connectivity index (χ1) is 16.9. The lowest BCUT2D eigenvalue weighted by Gasteiger charge is -2.25. The molecule has 2 aromatic carbocycles. The van der Waals surface area contributed by atoms with Crippen molar-refractivity contribution in [1.82, 2.24) is 4.90 Å². The van der Waals surface area contributed by atoms with E-state index in [-0.39, 0.29) is 17.9 Å². The Morgan fingerprint density at radius 2 is 1.86 bits per heavy atom. The molecule has 0 aliphatic carbocycles. The lowest BCUT2D eigenvalue weighted by atomic mass is 9.94. The number of amides is 1. The molecule has 1 unspecified atom stereocenters. The van der Waals surface area contributed by atoms with E-state index in [1.54, 1.807) is 42.5 Å². The SMILES string of the molecule is CCCCOc1ccc(C2/C(=C(\O)c3ccc(C)cc3)C(=O)C(=O)N2Cc2ccco2)cc1OC. The van der Waals surface area contributed by atoms with Gasteiger partial charge in [0.05, 0.1) is 38.1 Å². The average molecular weight is 476 g/mol. The second kappa shape index (κ2) is 10.5. The number of carbonyl (C=O) groups excluding carboxylic acids is 2. The maximum absolute atomic E-state index is 13.2. The summed E-state index contributed by atoms with van der Waals surface area (Å²) in [4.78, 5) is 27.8. The number of carbonyl (C=O) groups is 2. The van der Waals surface area contributed by atoms with Crippen LogP contribution in [0.25, 0.3) is 5.76 Å². The van der Waals surface area contributed by atoms with Gasteiger partial charge in [0.15, 0.2) is 11.5 Å². The summed E-state index contributed by atoms with van der Waals surface area (Å²) in [5.41, 5.74) is 2.11. The Labute approximate surface area is 204 Å². The predicted octanol–water partition coefficient (Wildman–Crippen LogP) is 5.40. The van der Waals surface area contributed by atoms with Crippen molar-refractivity contribution in [2.75, 3.05) is 13.7 Å². The van der Waals surface area contributed by atoms with Crippen molar-refractivity contribution in [1.29, 1.82) is 0 Å². The number of ether oxygens (including phenoxy) is 2. The van der Waals surface area contributed by atoms with Gasteiger partial charge in [-0.15, -0.1) is 0 Å². The number of benzene rings is 2. The van der Waals surface area contributed by atoms with Crippen LogP contribution in [0.15, 0.2) is 70.9 Å². The van der Waals surface area contributed by atoms with Crippen LogP contribution in [0.2, 0.25) is 0 Å². The predicted molar refractivity (Wildman–Crippen MR) is 131 cm³/mol. The van der Waals surface area contributed by atoms with Crippen LogP contribution >= 0.6 is 0 Å². The van der Waals surface area contributed by atoms with Gasteiger partial charge >= 0.3 is 0 Å². The lowest BCUT2D eigenvalue weighted by Crippen LogP contribution is -2.29. The van der Waals surface area contributed by atoms with Crippen molar-refractivity contribution < 1.29 is 28.6 Å². The first-order valence-corrected chi connectivity index (χ1v) is 11.6. The molecule has 35 heavy (non-hydrogen) atoms. The Kier molecular flexibility index (Phi) is 7.25. The highest BCUT2D eigenvalue weighted by Gasteiger charge is 2.46. The molecular weight excluding hydrogens is 446 g/mol. The summed E-state index contributed by atoms with van der Waals surface area (Å²) >= 11 is 0. The zero-order valence-electron chi connectivity index (χ0n) is 20.1. The van der Waals surface area contributed by atoms with E-state index < -0.39 is 17.7 Å². The second-order valence-electron chi connectivity index (χ2n) is 8.48. The van der Waals surface area contributed by atoms with Gasteiger partial charge in [0, 0.05) is 5.56 Å². The Morgan fingerprint density at radius 3 is 2.51 bits per heavy atom. The van der Waals surface area contributed by atoms with Gasteiger partial charge in [-0.05, 0) is 43.2 Å². The summed E-state index contributed by atoms with van der Waals surface area (Å²) in [7, 11) is 1.54. The van der Waals surface area contributed by atoms with E-state index in [0.717, 1.165) is 18.4 Å². The number of nitrogens with zero attached hydrogens (tertiary/aromatic N) is 1. The standard InChI is InChI=1S/C28H29NO6/c1-4-5-14-35-22-13-12-20(16-23(22)33-3)25-24(26(30)19-10-8-18(2)9-11-19)27(31)28(32)29(25)17-21-7-6-15-34-21/h6-13,15-16,25,30H,4-5,14,17H2,1-3H3/b26-24+. The number of furan rings is 1. The smallest absolute Gasteiger partial charge is 0.296 e. The molecule has 1 aromatic heterocycles. The molecule has 7 heteroatoms. The monoisotopic (exact) mass is 475 g/mol. The van der Waals surface area contributed by atoms with E-state index in [0.29, 0.717) is 35.0 Å². The Hall–Kier alpha value is -4.00. The third kappa shape index (κ3) is 4.94. The summed E-state index contributed by atoms with van der Waals surface area (Å²) in [6.45, 7) is 4.64. The van der Waals surface area contributed by atoms with Crippen LogP contribution in [0.1, 0.15) is 48.3 Å². The maximum atomic E-state index is 13.2. The van der Waals surface area contributed by atoms with E-state index in [1.165, 1.54) is 18.3 Å². The normalized spacial score (nSPS) is 17.1. The minimum absolute atomic E-state index is 0.0205.